The van der Waals surface area contributed by atoms with Crippen LogP contribution in [0.25, 0.3) is 10.2 Å². The number of nitrogens with zero attached hydrogens (tertiary/aromatic N) is 2. The van der Waals surface area contributed by atoms with Crippen molar-refractivity contribution in [3.63, 3.8) is 0 Å². The van der Waals surface area contributed by atoms with Gasteiger partial charge in [-0.2, -0.15) is 0 Å². The van der Waals surface area contributed by atoms with E-state index < -0.39 is 0 Å². The van der Waals surface area contributed by atoms with E-state index in [2.05, 4.69) is 9.72 Å². The first-order valence-electron chi connectivity index (χ1n) is 5.78. The van der Waals surface area contributed by atoms with Crippen LogP contribution in [0, 0.1) is 0 Å². The fraction of sp³-hybridized carbons (Fsp3) is 0.154. The molecule has 0 unspecified atom stereocenters. The molecule has 0 saturated heterocycles. The van der Waals surface area contributed by atoms with Gasteiger partial charge in [0.25, 0.3) is 5.56 Å². The normalized spacial score (nSPS) is 10.8. The summed E-state index contributed by atoms with van der Waals surface area (Å²) >= 11 is 2.76. The minimum Gasteiger partial charge on any atom is -0.465 e. The van der Waals surface area contributed by atoms with E-state index in [1.807, 2.05) is 11.4 Å². The Bertz CT molecular complexity index is 831. The van der Waals surface area contributed by atoms with E-state index in [0.29, 0.717) is 16.8 Å². The summed E-state index contributed by atoms with van der Waals surface area (Å²) < 4.78 is 6.21. The lowest BCUT2D eigenvalue weighted by Gasteiger charge is -2.02. The number of hydrogen-bond donors (Lipinski definition) is 0. The maximum Gasteiger partial charge on any atom is 0.348 e. The van der Waals surface area contributed by atoms with Crippen molar-refractivity contribution in [3.8, 4) is 0 Å². The number of aromatic nitrogens is 2. The molecule has 7 heteroatoms. The van der Waals surface area contributed by atoms with Gasteiger partial charge in [0.15, 0.2) is 0 Å². The van der Waals surface area contributed by atoms with Crippen molar-refractivity contribution in [3.05, 3.63) is 50.0 Å². The van der Waals surface area contributed by atoms with Crippen molar-refractivity contribution in [2.24, 2.45) is 0 Å². The first kappa shape index (κ1) is 13.0. The van der Waals surface area contributed by atoms with Gasteiger partial charge in [0.2, 0.25) is 0 Å². The Morgan fingerprint density at radius 3 is 3.05 bits per heavy atom. The molecule has 0 fully saturated rings. The molecule has 0 radical (unpaired) electrons. The van der Waals surface area contributed by atoms with Gasteiger partial charge in [0.1, 0.15) is 9.71 Å². The second-order valence-corrected chi connectivity index (χ2v) is 6.14. The Morgan fingerprint density at radius 2 is 2.25 bits per heavy atom. The quantitative estimate of drug-likeness (QED) is 0.697. The zero-order valence-electron chi connectivity index (χ0n) is 10.5. The van der Waals surface area contributed by atoms with E-state index in [1.54, 1.807) is 23.0 Å². The van der Waals surface area contributed by atoms with Crippen LogP contribution in [-0.2, 0) is 11.3 Å². The highest BCUT2D eigenvalue weighted by Gasteiger charge is 2.11. The highest BCUT2D eigenvalue weighted by Crippen LogP contribution is 2.19. The molecule has 0 N–H and O–H groups in total. The predicted molar refractivity (Wildman–Crippen MR) is 78.6 cm³/mol. The van der Waals surface area contributed by atoms with Crippen LogP contribution in [0.3, 0.4) is 0 Å². The zero-order valence-corrected chi connectivity index (χ0v) is 12.2. The Morgan fingerprint density at radius 1 is 1.40 bits per heavy atom. The van der Waals surface area contributed by atoms with Gasteiger partial charge < -0.3 is 4.74 Å². The number of esters is 1. The molecule has 0 bridgehead atoms. The molecule has 102 valence electrons. The SMILES string of the molecule is COC(=O)c1ccc(Cn2cnc3sccc3c2=O)s1. The molecule has 0 amide bonds. The topological polar surface area (TPSA) is 61.2 Å². The molecule has 0 aliphatic rings. The standard InChI is InChI=1S/C13H10N2O3S2/c1-18-13(17)10-3-2-8(20-10)6-15-7-14-11-9(12(15)16)4-5-19-11/h2-5,7H,6H2,1H3. The smallest absolute Gasteiger partial charge is 0.348 e. The summed E-state index contributed by atoms with van der Waals surface area (Å²) in [6.07, 6.45) is 1.54. The van der Waals surface area contributed by atoms with Crippen LogP contribution in [0.1, 0.15) is 14.5 Å². The summed E-state index contributed by atoms with van der Waals surface area (Å²) in [5, 5.41) is 2.48. The third-order valence-electron chi connectivity index (χ3n) is 2.82. The lowest BCUT2D eigenvalue weighted by Crippen LogP contribution is -2.19. The van der Waals surface area contributed by atoms with E-state index in [4.69, 9.17) is 0 Å². The molecule has 5 nitrogen and oxygen atoms in total. The number of rotatable bonds is 3. The van der Waals surface area contributed by atoms with Crippen LogP contribution < -0.4 is 5.56 Å². The van der Waals surface area contributed by atoms with Crippen molar-refractivity contribution in [1.82, 2.24) is 9.55 Å². The fourth-order valence-electron chi connectivity index (χ4n) is 1.85. The van der Waals surface area contributed by atoms with Crippen LogP contribution in [0.5, 0.6) is 0 Å². The van der Waals surface area contributed by atoms with E-state index in [9.17, 15) is 9.59 Å². The van der Waals surface area contributed by atoms with Crippen LogP contribution in [0.15, 0.2) is 34.7 Å². The molecule has 3 heterocycles. The summed E-state index contributed by atoms with van der Waals surface area (Å²) in [4.78, 5) is 30.1. The fourth-order valence-corrected chi connectivity index (χ4v) is 3.50. The molecule has 0 aliphatic carbocycles. The van der Waals surface area contributed by atoms with Crippen molar-refractivity contribution in [2.45, 2.75) is 6.54 Å². The summed E-state index contributed by atoms with van der Waals surface area (Å²) in [5.74, 6) is -0.361. The van der Waals surface area contributed by atoms with Crippen molar-refractivity contribution in [2.75, 3.05) is 7.11 Å². The molecule has 0 aromatic carbocycles. The Labute approximate surface area is 122 Å². The Kier molecular flexibility index (Phi) is 3.37. The summed E-state index contributed by atoms with van der Waals surface area (Å²) in [6, 6.07) is 5.30. The molecule has 0 atom stereocenters. The third-order valence-corrected chi connectivity index (χ3v) is 4.70. The number of methoxy groups -OCH3 is 1. The lowest BCUT2D eigenvalue weighted by atomic mass is 10.4. The van der Waals surface area contributed by atoms with Crippen molar-refractivity contribution >= 4 is 38.9 Å². The average molecular weight is 306 g/mol. The lowest BCUT2D eigenvalue weighted by molar-refractivity contribution is 0.0606. The van der Waals surface area contributed by atoms with Gasteiger partial charge in [0.05, 0.1) is 25.4 Å². The summed E-state index contributed by atoms with van der Waals surface area (Å²) in [7, 11) is 1.35. The molecule has 20 heavy (non-hydrogen) atoms. The molecular formula is C13H10N2O3S2. The summed E-state index contributed by atoms with van der Waals surface area (Å²) in [6.45, 7) is 0.402. The number of hydrogen-bond acceptors (Lipinski definition) is 6. The van der Waals surface area contributed by atoms with Crippen LogP contribution in [-0.4, -0.2) is 22.6 Å². The van der Waals surface area contributed by atoms with Gasteiger partial charge in [-0.1, -0.05) is 0 Å². The minimum absolute atomic E-state index is 0.0655. The number of carbonyl (C=O) groups excluding carboxylic acids is 1. The summed E-state index contributed by atoms with van der Waals surface area (Å²) in [5.41, 5.74) is -0.0655. The van der Waals surface area contributed by atoms with Crippen molar-refractivity contribution < 1.29 is 9.53 Å². The first-order chi connectivity index (χ1) is 9.69. The van der Waals surface area contributed by atoms with E-state index in [0.717, 1.165) is 9.71 Å². The Hall–Kier alpha value is -1.99. The monoisotopic (exact) mass is 306 g/mol. The van der Waals surface area contributed by atoms with Crippen molar-refractivity contribution in [1.29, 1.82) is 0 Å². The maximum absolute atomic E-state index is 12.2. The van der Waals surface area contributed by atoms with E-state index >= 15 is 0 Å². The zero-order chi connectivity index (χ0) is 14.1. The number of carbonyl (C=O) groups is 1. The molecule has 0 aliphatic heterocycles. The van der Waals surface area contributed by atoms with Crippen LogP contribution >= 0.6 is 22.7 Å². The number of thiophene rings is 2. The number of ether oxygens (including phenoxy) is 1. The molecule has 3 rings (SSSR count). The van der Waals surface area contributed by atoms with Gasteiger partial charge in [-0.3, -0.25) is 9.36 Å². The largest absolute Gasteiger partial charge is 0.465 e. The second-order valence-electron chi connectivity index (χ2n) is 4.07. The first-order valence-corrected chi connectivity index (χ1v) is 7.48. The highest BCUT2D eigenvalue weighted by atomic mass is 32.1. The average Bonchev–Trinajstić information content (AvgIpc) is 3.10. The molecular weight excluding hydrogens is 296 g/mol. The van der Waals surface area contributed by atoms with Crippen LogP contribution in [0.4, 0.5) is 0 Å². The van der Waals surface area contributed by atoms with E-state index in [1.165, 1.54) is 29.8 Å². The molecule has 0 saturated carbocycles. The predicted octanol–water partition coefficient (Wildman–Crippen LogP) is 2.35. The third kappa shape index (κ3) is 2.25. The molecule has 3 aromatic heterocycles. The van der Waals surface area contributed by atoms with Crippen LogP contribution in [0.2, 0.25) is 0 Å². The highest BCUT2D eigenvalue weighted by molar-refractivity contribution is 7.16. The van der Waals surface area contributed by atoms with Gasteiger partial charge >= 0.3 is 5.97 Å². The maximum atomic E-state index is 12.2. The van der Waals surface area contributed by atoms with E-state index in [-0.39, 0.29) is 11.5 Å². The van der Waals surface area contributed by atoms with Gasteiger partial charge in [0, 0.05) is 4.88 Å². The minimum atomic E-state index is -0.361. The number of fused-ring (bicyclic) bond motifs is 1. The molecule has 3 aromatic rings. The second kappa shape index (κ2) is 5.18. The van der Waals surface area contributed by atoms with Gasteiger partial charge in [-0.25, -0.2) is 9.78 Å². The van der Waals surface area contributed by atoms with Gasteiger partial charge in [-0.05, 0) is 23.6 Å². The molecule has 0 spiro atoms. The van der Waals surface area contributed by atoms with Gasteiger partial charge in [-0.15, -0.1) is 22.7 Å². The Balaban J connectivity index is 1.93.